The van der Waals surface area contributed by atoms with E-state index in [4.69, 9.17) is 4.42 Å². The van der Waals surface area contributed by atoms with Crippen molar-refractivity contribution >= 4 is 0 Å². The molecule has 2 rings (SSSR count). The zero-order valence-corrected chi connectivity index (χ0v) is 13.4. The van der Waals surface area contributed by atoms with Crippen molar-refractivity contribution in [2.75, 3.05) is 13.1 Å². The molecule has 0 saturated carbocycles. The molecule has 0 radical (unpaired) electrons. The molecule has 1 aromatic heterocycles. The molecule has 1 aliphatic heterocycles. The molecule has 1 fully saturated rings. The van der Waals surface area contributed by atoms with Gasteiger partial charge in [-0.1, -0.05) is 20.8 Å². The third kappa shape index (κ3) is 3.61. The standard InChI is InChI=1S/C16H29N3O/c1-5-8-17-15-7-9-19(13(4)12(15)3)11-16-18-10-14(6-2)20-16/h10,12-13,15,17H,5-9,11H2,1-4H3. The second-order valence-electron chi connectivity index (χ2n) is 5.99. The van der Waals surface area contributed by atoms with Crippen molar-refractivity contribution in [1.29, 1.82) is 0 Å². The first-order valence-electron chi connectivity index (χ1n) is 8.06. The summed E-state index contributed by atoms with van der Waals surface area (Å²) < 4.78 is 5.74. The van der Waals surface area contributed by atoms with E-state index in [2.05, 4.69) is 42.9 Å². The van der Waals surface area contributed by atoms with Crippen LogP contribution in [0, 0.1) is 5.92 Å². The third-order valence-electron chi connectivity index (χ3n) is 4.64. The number of rotatable bonds is 6. The lowest BCUT2D eigenvalue weighted by atomic mass is 9.87. The Hall–Kier alpha value is -0.870. The molecule has 1 saturated heterocycles. The van der Waals surface area contributed by atoms with Crippen LogP contribution in [0.25, 0.3) is 0 Å². The minimum Gasteiger partial charge on any atom is -0.444 e. The highest BCUT2D eigenvalue weighted by Crippen LogP contribution is 2.25. The fourth-order valence-electron chi connectivity index (χ4n) is 3.04. The fraction of sp³-hybridized carbons (Fsp3) is 0.812. The Morgan fingerprint density at radius 2 is 2.20 bits per heavy atom. The highest BCUT2D eigenvalue weighted by Gasteiger charge is 2.32. The Balaban J connectivity index is 1.91. The summed E-state index contributed by atoms with van der Waals surface area (Å²) in [5.74, 6) is 2.51. The lowest BCUT2D eigenvalue weighted by Crippen LogP contribution is -2.53. The van der Waals surface area contributed by atoms with E-state index in [1.165, 1.54) is 12.8 Å². The van der Waals surface area contributed by atoms with E-state index < -0.39 is 0 Å². The molecule has 20 heavy (non-hydrogen) atoms. The first-order chi connectivity index (χ1) is 9.65. The molecule has 0 bridgehead atoms. The quantitative estimate of drug-likeness (QED) is 0.869. The maximum absolute atomic E-state index is 5.74. The molecule has 2 heterocycles. The first-order valence-corrected chi connectivity index (χ1v) is 8.06. The van der Waals surface area contributed by atoms with Crippen molar-refractivity contribution in [3.63, 3.8) is 0 Å². The average molecular weight is 279 g/mol. The summed E-state index contributed by atoms with van der Waals surface area (Å²) in [4.78, 5) is 6.89. The van der Waals surface area contributed by atoms with Crippen molar-refractivity contribution < 1.29 is 4.42 Å². The smallest absolute Gasteiger partial charge is 0.208 e. The van der Waals surface area contributed by atoms with E-state index in [0.29, 0.717) is 18.0 Å². The van der Waals surface area contributed by atoms with Crippen molar-refractivity contribution in [2.45, 2.75) is 65.6 Å². The summed E-state index contributed by atoms with van der Waals surface area (Å²) in [6.45, 7) is 12.1. The fourth-order valence-corrected chi connectivity index (χ4v) is 3.04. The maximum Gasteiger partial charge on any atom is 0.208 e. The molecule has 0 aromatic carbocycles. The van der Waals surface area contributed by atoms with Gasteiger partial charge in [-0.3, -0.25) is 4.90 Å². The topological polar surface area (TPSA) is 41.3 Å². The van der Waals surface area contributed by atoms with Crippen LogP contribution in [0.4, 0.5) is 0 Å². The van der Waals surface area contributed by atoms with Crippen molar-refractivity contribution in [3.8, 4) is 0 Å². The Morgan fingerprint density at radius 1 is 1.40 bits per heavy atom. The van der Waals surface area contributed by atoms with Crippen LogP contribution in [0.2, 0.25) is 0 Å². The summed E-state index contributed by atoms with van der Waals surface area (Å²) >= 11 is 0. The van der Waals surface area contributed by atoms with Gasteiger partial charge < -0.3 is 9.73 Å². The van der Waals surface area contributed by atoms with Gasteiger partial charge in [-0.25, -0.2) is 4.98 Å². The van der Waals surface area contributed by atoms with Gasteiger partial charge in [0.15, 0.2) is 0 Å². The number of hydrogen-bond acceptors (Lipinski definition) is 4. The zero-order valence-electron chi connectivity index (χ0n) is 13.4. The summed E-state index contributed by atoms with van der Waals surface area (Å²) in [5, 5.41) is 3.68. The molecule has 4 heteroatoms. The first kappa shape index (κ1) is 15.5. The average Bonchev–Trinajstić information content (AvgIpc) is 2.91. The van der Waals surface area contributed by atoms with Crippen LogP contribution < -0.4 is 5.32 Å². The molecule has 1 aliphatic rings. The lowest BCUT2D eigenvalue weighted by molar-refractivity contribution is 0.0706. The minimum absolute atomic E-state index is 0.565. The van der Waals surface area contributed by atoms with Crippen LogP contribution in [0.5, 0.6) is 0 Å². The third-order valence-corrected chi connectivity index (χ3v) is 4.64. The van der Waals surface area contributed by atoms with Gasteiger partial charge in [0, 0.05) is 25.0 Å². The van der Waals surface area contributed by atoms with Crippen LogP contribution >= 0.6 is 0 Å². The Bertz CT molecular complexity index is 404. The number of aromatic nitrogens is 1. The molecule has 4 nitrogen and oxygen atoms in total. The van der Waals surface area contributed by atoms with Gasteiger partial charge in [-0.2, -0.15) is 0 Å². The molecule has 1 aromatic rings. The SMILES string of the molecule is CCCNC1CCN(Cc2ncc(CC)o2)C(C)C1C. The molecule has 3 atom stereocenters. The molecule has 0 aliphatic carbocycles. The second-order valence-corrected chi connectivity index (χ2v) is 5.99. The molecule has 0 amide bonds. The highest BCUT2D eigenvalue weighted by atomic mass is 16.4. The van der Waals surface area contributed by atoms with Crippen molar-refractivity contribution in [3.05, 3.63) is 17.8 Å². The van der Waals surface area contributed by atoms with E-state index in [0.717, 1.165) is 37.7 Å². The van der Waals surface area contributed by atoms with Gasteiger partial charge in [0.25, 0.3) is 0 Å². The van der Waals surface area contributed by atoms with Crippen LogP contribution in [-0.2, 0) is 13.0 Å². The molecular formula is C16H29N3O. The van der Waals surface area contributed by atoms with Crippen LogP contribution in [0.3, 0.4) is 0 Å². The summed E-state index contributed by atoms with van der Waals surface area (Å²) in [5.41, 5.74) is 0. The van der Waals surface area contributed by atoms with Gasteiger partial charge in [-0.15, -0.1) is 0 Å². The monoisotopic (exact) mass is 279 g/mol. The predicted molar refractivity (Wildman–Crippen MR) is 81.6 cm³/mol. The van der Waals surface area contributed by atoms with Gasteiger partial charge in [0.05, 0.1) is 12.7 Å². The lowest BCUT2D eigenvalue weighted by Gasteiger charge is -2.42. The number of likely N-dealkylation sites (tertiary alicyclic amines) is 1. The van der Waals surface area contributed by atoms with Gasteiger partial charge >= 0.3 is 0 Å². The van der Waals surface area contributed by atoms with E-state index in [1.807, 2.05) is 6.20 Å². The zero-order chi connectivity index (χ0) is 14.5. The molecule has 1 N–H and O–H groups in total. The summed E-state index contributed by atoms with van der Waals surface area (Å²) in [6, 6.07) is 1.21. The number of nitrogens with zero attached hydrogens (tertiary/aromatic N) is 2. The van der Waals surface area contributed by atoms with Gasteiger partial charge in [-0.05, 0) is 32.2 Å². The molecule has 114 valence electrons. The van der Waals surface area contributed by atoms with E-state index in [9.17, 15) is 0 Å². The summed E-state index contributed by atoms with van der Waals surface area (Å²) in [7, 11) is 0. The Labute approximate surface area is 122 Å². The molecule has 0 spiro atoms. The summed E-state index contributed by atoms with van der Waals surface area (Å²) in [6.07, 6.45) is 5.20. The number of aryl methyl sites for hydroxylation is 1. The van der Waals surface area contributed by atoms with E-state index in [-0.39, 0.29) is 0 Å². The maximum atomic E-state index is 5.74. The molecular weight excluding hydrogens is 250 g/mol. The normalized spacial score (nSPS) is 27.9. The van der Waals surface area contributed by atoms with Gasteiger partial charge in [0.1, 0.15) is 5.76 Å². The largest absolute Gasteiger partial charge is 0.444 e. The van der Waals surface area contributed by atoms with Crippen molar-refractivity contribution in [1.82, 2.24) is 15.2 Å². The highest BCUT2D eigenvalue weighted by molar-refractivity contribution is 4.96. The number of oxazole rings is 1. The number of hydrogen-bond donors (Lipinski definition) is 1. The van der Waals surface area contributed by atoms with Crippen LogP contribution in [0.1, 0.15) is 52.2 Å². The van der Waals surface area contributed by atoms with Crippen molar-refractivity contribution in [2.24, 2.45) is 5.92 Å². The van der Waals surface area contributed by atoms with Crippen LogP contribution in [0.15, 0.2) is 10.6 Å². The van der Waals surface area contributed by atoms with Gasteiger partial charge in [0.2, 0.25) is 5.89 Å². The van der Waals surface area contributed by atoms with Crippen LogP contribution in [-0.4, -0.2) is 35.1 Å². The number of nitrogens with one attached hydrogen (secondary N) is 1. The van der Waals surface area contributed by atoms with E-state index >= 15 is 0 Å². The minimum atomic E-state index is 0.565. The van der Waals surface area contributed by atoms with E-state index in [1.54, 1.807) is 0 Å². The Kier molecular flexibility index (Phi) is 5.61. The molecule has 3 unspecified atom stereocenters. The second kappa shape index (κ2) is 7.23. The number of piperidine rings is 1. The Morgan fingerprint density at radius 3 is 2.85 bits per heavy atom. The predicted octanol–water partition coefficient (Wildman–Crippen LogP) is 2.84.